The van der Waals surface area contributed by atoms with Gasteiger partial charge in [-0.05, 0) is 24.0 Å². The number of hydrogen-bond acceptors (Lipinski definition) is 3. The van der Waals surface area contributed by atoms with Crippen LogP contribution >= 0.6 is 0 Å². The van der Waals surface area contributed by atoms with Crippen molar-refractivity contribution < 1.29 is 9.47 Å². The molecule has 1 aliphatic rings. The average molecular weight is 277 g/mol. The Hall–Kier alpha value is -0.900. The Kier molecular flexibility index (Phi) is 7.06. The molecule has 3 heteroatoms. The molecule has 0 saturated heterocycles. The third-order valence-corrected chi connectivity index (χ3v) is 3.85. The molecule has 2 rings (SSSR count). The fourth-order valence-electron chi connectivity index (χ4n) is 2.68. The highest BCUT2D eigenvalue weighted by atomic mass is 16.5. The van der Waals surface area contributed by atoms with Crippen molar-refractivity contribution in [1.82, 2.24) is 5.32 Å². The van der Waals surface area contributed by atoms with Gasteiger partial charge in [0.1, 0.15) is 0 Å². The second-order valence-corrected chi connectivity index (χ2v) is 5.56. The summed E-state index contributed by atoms with van der Waals surface area (Å²) in [6.45, 7) is 3.34. The lowest BCUT2D eigenvalue weighted by Crippen LogP contribution is -2.24. The molecule has 1 saturated carbocycles. The van der Waals surface area contributed by atoms with E-state index in [0.29, 0.717) is 12.7 Å². The van der Waals surface area contributed by atoms with Crippen molar-refractivity contribution in [3.63, 3.8) is 0 Å². The van der Waals surface area contributed by atoms with E-state index in [1.54, 1.807) is 7.11 Å². The summed E-state index contributed by atoms with van der Waals surface area (Å²) >= 11 is 0. The van der Waals surface area contributed by atoms with Crippen LogP contribution in [0, 0.1) is 0 Å². The van der Waals surface area contributed by atoms with Crippen LogP contribution in [0.2, 0.25) is 0 Å². The maximum absolute atomic E-state index is 5.89. The molecule has 1 N–H and O–H groups in total. The van der Waals surface area contributed by atoms with Crippen LogP contribution < -0.4 is 5.32 Å². The van der Waals surface area contributed by atoms with Crippen LogP contribution in [0.5, 0.6) is 0 Å². The molecule has 3 nitrogen and oxygen atoms in total. The molecule has 0 heterocycles. The Balaban J connectivity index is 1.56. The maximum Gasteiger partial charge on any atom is 0.0713 e. The summed E-state index contributed by atoms with van der Waals surface area (Å²) < 4.78 is 11.0. The van der Waals surface area contributed by atoms with E-state index in [2.05, 4.69) is 29.6 Å². The quantitative estimate of drug-likeness (QED) is 0.740. The maximum atomic E-state index is 5.89. The van der Waals surface area contributed by atoms with E-state index in [4.69, 9.17) is 9.47 Å². The summed E-state index contributed by atoms with van der Waals surface area (Å²) in [5, 5.41) is 3.44. The molecule has 0 unspecified atom stereocenters. The molecule has 1 aromatic carbocycles. The van der Waals surface area contributed by atoms with Gasteiger partial charge in [-0.2, -0.15) is 0 Å². The van der Waals surface area contributed by atoms with Crippen molar-refractivity contribution in [2.24, 2.45) is 0 Å². The van der Waals surface area contributed by atoms with Crippen molar-refractivity contribution in [3.8, 4) is 0 Å². The Morgan fingerprint density at radius 3 is 2.45 bits per heavy atom. The van der Waals surface area contributed by atoms with Gasteiger partial charge in [0.25, 0.3) is 0 Å². The van der Waals surface area contributed by atoms with Crippen LogP contribution in [0.15, 0.2) is 24.3 Å². The van der Waals surface area contributed by atoms with Crippen LogP contribution in [-0.4, -0.2) is 26.4 Å². The minimum absolute atomic E-state index is 0.513. The Morgan fingerprint density at radius 1 is 1.05 bits per heavy atom. The lowest BCUT2D eigenvalue weighted by molar-refractivity contribution is 0.0302. The molecule has 1 aromatic rings. The van der Waals surface area contributed by atoms with Gasteiger partial charge < -0.3 is 14.8 Å². The summed E-state index contributed by atoms with van der Waals surface area (Å²) in [4.78, 5) is 0. The average Bonchev–Trinajstić information content (AvgIpc) is 2.50. The highest BCUT2D eigenvalue weighted by Crippen LogP contribution is 2.19. The van der Waals surface area contributed by atoms with Crippen molar-refractivity contribution >= 4 is 0 Å². The third kappa shape index (κ3) is 5.61. The smallest absolute Gasteiger partial charge is 0.0713 e. The molecule has 0 spiro atoms. The summed E-state index contributed by atoms with van der Waals surface area (Å²) in [7, 11) is 1.72. The fourth-order valence-corrected chi connectivity index (χ4v) is 2.68. The molecule has 0 aliphatic heterocycles. The van der Waals surface area contributed by atoms with E-state index in [1.807, 2.05) is 0 Å². The largest absolute Gasteiger partial charge is 0.380 e. The molecule has 0 bridgehead atoms. The second-order valence-electron chi connectivity index (χ2n) is 5.56. The monoisotopic (exact) mass is 277 g/mol. The van der Waals surface area contributed by atoms with Gasteiger partial charge in [0.2, 0.25) is 0 Å². The predicted molar refractivity (Wildman–Crippen MR) is 81.7 cm³/mol. The van der Waals surface area contributed by atoms with Crippen LogP contribution in [0.3, 0.4) is 0 Å². The number of methoxy groups -OCH3 is 1. The van der Waals surface area contributed by atoms with E-state index in [9.17, 15) is 0 Å². The highest BCUT2D eigenvalue weighted by molar-refractivity contribution is 5.21. The molecule has 0 aromatic heterocycles. The van der Waals surface area contributed by atoms with Crippen molar-refractivity contribution in [3.05, 3.63) is 35.4 Å². The van der Waals surface area contributed by atoms with E-state index in [1.165, 1.54) is 43.2 Å². The number of nitrogens with one attached hydrogen (secondary N) is 1. The molecule has 20 heavy (non-hydrogen) atoms. The molecular weight excluding hydrogens is 250 g/mol. The normalized spacial score (nSPS) is 16.4. The van der Waals surface area contributed by atoms with Crippen LogP contribution in [0.1, 0.15) is 43.2 Å². The molecule has 0 amide bonds. The van der Waals surface area contributed by atoms with E-state index < -0.39 is 0 Å². The predicted octanol–water partition coefficient (Wildman–Crippen LogP) is 3.27. The first-order chi connectivity index (χ1) is 9.88. The minimum atomic E-state index is 0.513. The van der Waals surface area contributed by atoms with Gasteiger partial charge in [-0.1, -0.05) is 43.5 Å². The van der Waals surface area contributed by atoms with Gasteiger partial charge in [-0.3, -0.25) is 0 Å². The van der Waals surface area contributed by atoms with Gasteiger partial charge in [0, 0.05) is 20.2 Å². The van der Waals surface area contributed by atoms with Crippen LogP contribution in [0.25, 0.3) is 0 Å². The molecule has 1 fully saturated rings. The first-order valence-corrected chi connectivity index (χ1v) is 7.77. The summed E-state index contributed by atoms with van der Waals surface area (Å²) in [6, 6.07) is 8.56. The summed E-state index contributed by atoms with van der Waals surface area (Å²) in [5.74, 6) is 0. The molecular formula is C17H27NO2. The zero-order valence-electron chi connectivity index (χ0n) is 12.6. The minimum Gasteiger partial charge on any atom is -0.380 e. The van der Waals surface area contributed by atoms with Crippen LogP contribution in [-0.2, 0) is 22.6 Å². The zero-order chi connectivity index (χ0) is 14.0. The van der Waals surface area contributed by atoms with Crippen molar-refractivity contribution in [1.29, 1.82) is 0 Å². The third-order valence-electron chi connectivity index (χ3n) is 3.85. The Morgan fingerprint density at radius 2 is 1.75 bits per heavy atom. The van der Waals surface area contributed by atoms with E-state index in [-0.39, 0.29) is 0 Å². The van der Waals surface area contributed by atoms with E-state index in [0.717, 1.165) is 19.7 Å². The number of hydrogen-bond donors (Lipinski definition) is 1. The summed E-state index contributed by atoms with van der Waals surface area (Å²) in [6.07, 6.45) is 7.08. The van der Waals surface area contributed by atoms with Gasteiger partial charge in [0.05, 0.1) is 19.3 Å². The van der Waals surface area contributed by atoms with Gasteiger partial charge in [-0.25, -0.2) is 0 Å². The number of rotatable bonds is 8. The van der Waals surface area contributed by atoms with Crippen molar-refractivity contribution in [2.75, 3.05) is 20.3 Å². The number of benzene rings is 1. The van der Waals surface area contributed by atoms with Crippen LogP contribution in [0.4, 0.5) is 0 Å². The zero-order valence-corrected chi connectivity index (χ0v) is 12.6. The Bertz CT molecular complexity index is 358. The Labute approximate surface area is 122 Å². The number of ether oxygens (including phenoxy) is 2. The van der Waals surface area contributed by atoms with Gasteiger partial charge >= 0.3 is 0 Å². The van der Waals surface area contributed by atoms with Crippen molar-refractivity contribution in [2.45, 2.75) is 51.4 Å². The first kappa shape index (κ1) is 15.5. The van der Waals surface area contributed by atoms with Gasteiger partial charge in [0.15, 0.2) is 0 Å². The summed E-state index contributed by atoms with van der Waals surface area (Å²) in [5.41, 5.74) is 2.53. The lowest BCUT2D eigenvalue weighted by Gasteiger charge is -2.22. The fraction of sp³-hybridized carbons (Fsp3) is 0.647. The molecule has 0 radical (unpaired) electrons. The SMILES string of the molecule is COCc1ccc(CNCCOC2CCCCC2)cc1. The first-order valence-electron chi connectivity index (χ1n) is 7.77. The second kappa shape index (κ2) is 9.11. The lowest BCUT2D eigenvalue weighted by atomic mass is 9.98. The highest BCUT2D eigenvalue weighted by Gasteiger charge is 2.12. The standard InChI is InChI=1S/C17H27NO2/c1-19-14-16-9-7-15(8-10-16)13-18-11-12-20-17-5-3-2-4-6-17/h7-10,17-18H,2-6,11-14H2,1H3. The van der Waals surface area contributed by atoms with Gasteiger partial charge in [-0.15, -0.1) is 0 Å². The molecule has 0 atom stereocenters. The van der Waals surface area contributed by atoms with E-state index >= 15 is 0 Å². The molecule has 112 valence electrons. The topological polar surface area (TPSA) is 30.5 Å². The molecule has 1 aliphatic carbocycles.